The monoisotopic (exact) mass is 590 g/mol. The van der Waals surface area contributed by atoms with Gasteiger partial charge in [0.1, 0.15) is 0 Å². The molecule has 0 aliphatic heterocycles. The molecule has 0 unspecified atom stereocenters. The molecule has 9 aromatic rings. The molecular weight excluding hydrogens is 556 g/mol. The summed E-state index contributed by atoms with van der Waals surface area (Å²) in [6, 6.07) is 61.3. The van der Waals surface area contributed by atoms with Crippen molar-refractivity contribution in [1.29, 1.82) is 0 Å². The van der Waals surface area contributed by atoms with Crippen molar-refractivity contribution in [2.45, 2.75) is 13.8 Å². The molecule has 0 radical (unpaired) electrons. The van der Waals surface area contributed by atoms with E-state index in [0.29, 0.717) is 0 Å². The lowest BCUT2D eigenvalue weighted by atomic mass is 10.0. The van der Waals surface area contributed by atoms with Crippen LogP contribution in [0.5, 0.6) is 0 Å². The largest absolute Gasteiger partial charge is 0.309 e. The molecule has 0 amide bonds. The van der Waals surface area contributed by atoms with Gasteiger partial charge >= 0.3 is 0 Å². The van der Waals surface area contributed by atoms with Crippen molar-refractivity contribution < 1.29 is 0 Å². The van der Waals surface area contributed by atoms with Gasteiger partial charge in [0.25, 0.3) is 0 Å². The van der Waals surface area contributed by atoms with Crippen molar-refractivity contribution in [3.8, 4) is 33.6 Å². The molecule has 0 atom stereocenters. The first kappa shape index (κ1) is 27.7. The van der Waals surface area contributed by atoms with E-state index in [2.05, 4.69) is 179 Å². The molecule has 0 bridgehead atoms. The third-order valence-electron chi connectivity index (χ3n) is 8.92. The fraction of sp³-hybridized carbons (Fsp3) is 0.0455. The Hall–Kier alpha value is -5.86. The molecule has 0 N–H and O–H groups in total. The molecule has 0 saturated carbocycles. The minimum Gasteiger partial charge on any atom is -0.309 e. The van der Waals surface area contributed by atoms with Gasteiger partial charge in [0, 0.05) is 32.9 Å². The molecule has 0 aliphatic carbocycles. The Balaban J connectivity index is 0.00000153. The smallest absolute Gasteiger partial charge is 0.0548 e. The van der Waals surface area contributed by atoms with Crippen molar-refractivity contribution in [2.24, 2.45) is 0 Å². The van der Waals surface area contributed by atoms with Crippen LogP contribution in [0.3, 0.4) is 0 Å². The summed E-state index contributed by atoms with van der Waals surface area (Å²) in [4.78, 5) is 0. The van der Waals surface area contributed by atoms with Gasteiger partial charge in [0.05, 0.1) is 22.1 Å². The number of hydrogen-bond donors (Lipinski definition) is 0. The van der Waals surface area contributed by atoms with Gasteiger partial charge in [-0.05, 0) is 70.8 Å². The summed E-state index contributed by atoms with van der Waals surface area (Å²) in [5.74, 6) is 0. The van der Waals surface area contributed by atoms with Crippen LogP contribution >= 0.6 is 0 Å². The van der Waals surface area contributed by atoms with Gasteiger partial charge in [-0.2, -0.15) is 0 Å². The Labute approximate surface area is 269 Å². The maximum atomic E-state index is 2.43. The zero-order valence-corrected chi connectivity index (χ0v) is 26.1. The number of aromatic nitrogens is 2. The third-order valence-corrected chi connectivity index (χ3v) is 8.92. The van der Waals surface area contributed by atoms with Gasteiger partial charge in [0.15, 0.2) is 0 Å². The number of fused-ring (bicyclic) bond motifs is 7. The standard InChI is InChI=1S/C42H28N2.C2H6/c1-3-12-29(13-4-1)31-22-24-33(25-23-31)43-37-20-9-7-18-35(37)41-39(43)26-27-40-42(41)36-19-8-10-21-38(36)44(40)34-17-11-16-32(28-34)30-14-5-2-6-15-30;1-2/h1-28H;1-2H3. The van der Waals surface area contributed by atoms with Crippen LogP contribution in [-0.2, 0) is 0 Å². The van der Waals surface area contributed by atoms with Gasteiger partial charge in [-0.25, -0.2) is 0 Å². The predicted octanol–water partition coefficient (Wildman–Crippen LogP) is 12.2. The van der Waals surface area contributed by atoms with Crippen LogP contribution in [0.1, 0.15) is 13.8 Å². The maximum Gasteiger partial charge on any atom is 0.0548 e. The zero-order valence-electron chi connectivity index (χ0n) is 26.1. The van der Waals surface area contributed by atoms with Crippen LogP contribution in [0.2, 0.25) is 0 Å². The molecule has 0 fully saturated rings. The van der Waals surface area contributed by atoms with E-state index in [0.717, 1.165) is 11.4 Å². The molecule has 220 valence electrons. The fourth-order valence-corrected chi connectivity index (χ4v) is 6.96. The lowest BCUT2D eigenvalue weighted by Gasteiger charge is -2.11. The first-order chi connectivity index (χ1) is 22.8. The molecule has 2 heteroatoms. The molecule has 0 saturated heterocycles. The quantitative estimate of drug-likeness (QED) is 0.193. The summed E-state index contributed by atoms with van der Waals surface area (Å²) in [7, 11) is 0. The zero-order chi connectivity index (χ0) is 31.0. The van der Waals surface area contributed by atoms with Gasteiger partial charge in [-0.3, -0.25) is 0 Å². The molecule has 7 aromatic carbocycles. The van der Waals surface area contributed by atoms with E-state index in [1.165, 1.54) is 65.9 Å². The highest BCUT2D eigenvalue weighted by molar-refractivity contribution is 6.28. The Morgan fingerprint density at radius 2 is 0.739 bits per heavy atom. The van der Waals surface area contributed by atoms with E-state index in [1.807, 2.05) is 13.8 Å². The predicted molar refractivity (Wildman–Crippen MR) is 197 cm³/mol. The molecule has 2 aromatic heterocycles. The van der Waals surface area contributed by atoms with E-state index >= 15 is 0 Å². The number of nitrogens with zero attached hydrogens (tertiary/aromatic N) is 2. The van der Waals surface area contributed by atoms with Crippen molar-refractivity contribution >= 4 is 43.6 Å². The average Bonchev–Trinajstić information content (AvgIpc) is 3.66. The van der Waals surface area contributed by atoms with E-state index in [4.69, 9.17) is 0 Å². The fourth-order valence-electron chi connectivity index (χ4n) is 6.96. The van der Waals surface area contributed by atoms with Crippen molar-refractivity contribution in [2.75, 3.05) is 0 Å². The summed E-state index contributed by atoms with van der Waals surface area (Å²) >= 11 is 0. The minimum atomic E-state index is 1.16. The van der Waals surface area contributed by atoms with Gasteiger partial charge in [-0.15, -0.1) is 0 Å². The summed E-state index contributed by atoms with van der Waals surface area (Å²) in [5.41, 5.74) is 12.1. The highest BCUT2D eigenvalue weighted by atomic mass is 15.0. The number of benzene rings is 7. The second-order valence-electron chi connectivity index (χ2n) is 11.4. The SMILES string of the molecule is CC.c1ccc(-c2ccc(-n3c4ccccc4c4c5c6ccccc6n(-c6cccc(-c7ccccc7)c6)c5ccc43)cc2)cc1. The molecule has 0 spiro atoms. The molecule has 2 nitrogen and oxygen atoms in total. The molecule has 46 heavy (non-hydrogen) atoms. The van der Waals surface area contributed by atoms with Crippen LogP contribution in [-0.4, -0.2) is 9.13 Å². The van der Waals surface area contributed by atoms with Crippen LogP contribution in [0.25, 0.3) is 77.2 Å². The van der Waals surface area contributed by atoms with Gasteiger partial charge in [-0.1, -0.05) is 135 Å². The molecular formula is C44H34N2. The Kier molecular flexibility index (Phi) is 6.96. The second kappa shape index (κ2) is 11.6. The van der Waals surface area contributed by atoms with Crippen molar-refractivity contribution in [3.63, 3.8) is 0 Å². The van der Waals surface area contributed by atoms with Crippen LogP contribution < -0.4 is 0 Å². The highest BCUT2D eigenvalue weighted by Gasteiger charge is 2.20. The summed E-state index contributed by atoms with van der Waals surface area (Å²) in [6.07, 6.45) is 0. The van der Waals surface area contributed by atoms with Crippen LogP contribution in [0.15, 0.2) is 170 Å². The number of rotatable bonds is 4. The summed E-state index contributed by atoms with van der Waals surface area (Å²) < 4.78 is 4.85. The van der Waals surface area contributed by atoms with Crippen molar-refractivity contribution in [3.05, 3.63) is 170 Å². The normalized spacial score (nSPS) is 11.3. The van der Waals surface area contributed by atoms with E-state index < -0.39 is 0 Å². The topological polar surface area (TPSA) is 9.86 Å². The lowest BCUT2D eigenvalue weighted by molar-refractivity contribution is 1.17. The highest BCUT2D eigenvalue weighted by Crippen LogP contribution is 2.42. The average molecular weight is 591 g/mol. The summed E-state index contributed by atoms with van der Waals surface area (Å²) in [6.45, 7) is 4.00. The van der Waals surface area contributed by atoms with Gasteiger partial charge < -0.3 is 9.13 Å². The molecule has 2 heterocycles. The van der Waals surface area contributed by atoms with Crippen molar-refractivity contribution in [1.82, 2.24) is 9.13 Å². The maximum absolute atomic E-state index is 2.43. The first-order valence-electron chi connectivity index (χ1n) is 16.1. The third kappa shape index (κ3) is 4.42. The Morgan fingerprint density at radius 1 is 0.304 bits per heavy atom. The number of para-hydroxylation sites is 2. The molecule has 0 aliphatic rings. The molecule has 9 rings (SSSR count). The van der Waals surface area contributed by atoms with E-state index in [-0.39, 0.29) is 0 Å². The second-order valence-corrected chi connectivity index (χ2v) is 11.4. The Bertz CT molecular complexity index is 2460. The summed E-state index contributed by atoms with van der Waals surface area (Å²) in [5, 5.41) is 5.11. The number of hydrogen-bond acceptors (Lipinski definition) is 0. The van der Waals surface area contributed by atoms with Gasteiger partial charge in [0.2, 0.25) is 0 Å². The Morgan fingerprint density at radius 3 is 1.30 bits per heavy atom. The lowest BCUT2D eigenvalue weighted by Crippen LogP contribution is -1.95. The van der Waals surface area contributed by atoms with Crippen LogP contribution in [0, 0.1) is 0 Å². The van der Waals surface area contributed by atoms with E-state index in [1.54, 1.807) is 0 Å². The van der Waals surface area contributed by atoms with E-state index in [9.17, 15) is 0 Å². The van der Waals surface area contributed by atoms with Crippen LogP contribution in [0.4, 0.5) is 0 Å². The first-order valence-corrected chi connectivity index (χ1v) is 16.1. The minimum absolute atomic E-state index is 1.16.